The SMILES string of the molecule is COCCNC(=O)[C@@]1(C)Cn2nc(-c3cccs3)cc2C(=O)N1c1ccc(C)cc1C. The summed E-state index contributed by atoms with van der Waals surface area (Å²) in [4.78, 5) is 29.7. The summed E-state index contributed by atoms with van der Waals surface area (Å²) in [7, 11) is 1.59. The topological polar surface area (TPSA) is 76.5 Å². The van der Waals surface area contributed by atoms with Gasteiger partial charge in [-0.25, -0.2) is 0 Å². The third-order valence-electron chi connectivity index (χ3n) is 5.60. The van der Waals surface area contributed by atoms with Crippen LogP contribution < -0.4 is 10.2 Å². The van der Waals surface area contributed by atoms with Gasteiger partial charge in [-0.2, -0.15) is 5.10 Å². The number of carbonyl (C=O) groups excluding carboxylic acids is 2. The van der Waals surface area contributed by atoms with E-state index < -0.39 is 5.54 Å². The zero-order chi connectivity index (χ0) is 22.2. The summed E-state index contributed by atoms with van der Waals surface area (Å²) in [6.07, 6.45) is 0. The molecular formula is C23H26N4O3S. The van der Waals surface area contributed by atoms with Gasteiger partial charge in [0, 0.05) is 19.3 Å². The molecule has 1 N–H and O–H groups in total. The van der Waals surface area contributed by atoms with Crippen LogP contribution in [0, 0.1) is 13.8 Å². The molecule has 1 aromatic carbocycles. The molecule has 8 heteroatoms. The summed E-state index contributed by atoms with van der Waals surface area (Å²) in [5, 5.41) is 9.55. The van der Waals surface area contributed by atoms with Crippen molar-refractivity contribution in [3.8, 4) is 10.6 Å². The molecule has 0 fully saturated rings. The van der Waals surface area contributed by atoms with E-state index in [9.17, 15) is 9.59 Å². The molecule has 0 spiro atoms. The minimum Gasteiger partial charge on any atom is -0.383 e. The molecule has 1 atom stereocenters. The normalized spacial score (nSPS) is 18.2. The van der Waals surface area contributed by atoms with Gasteiger partial charge in [-0.1, -0.05) is 23.8 Å². The van der Waals surface area contributed by atoms with Crippen LogP contribution in [0.25, 0.3) is 10.6 Å². The number of rotatable bonds is 6. The second kappa shape index (κ2) is 8.28. The predicted octanol–water partition coefficient (Wildman–Crippen LogP) is 3.41. The first-order valence-electron chi connectivity index (χ1n) is 10.2. The fourth-order valence-electron chi connectivity index (χ4n) is 4.02. The van der Waals surface area contributed by atoms with Crippen LogP contribution in [0.4, 0.5) is 5.69 Å². The van der Waals surface area contributed by atoms with Gasteiger partial charge in [-0.15, -0.1) is 11.3 Å². The van der Waals surface area contributed by atoms with Gasteiger partial charge in [0.05, 0.1) is 18.0 Å². The van der Waals surface area contributed by atoms with E-state index in [-0.39, 0.29) is 18.4 Å². The van der Waals surface area contributed by atoms with Crippen molar-refractivity contribution in [2.75, 3.05) is 25.2 Å². The zero-order valence-corrected chi connectivity index (χ0v) is 19.0. The van der Waals surface area contributed by atoms with E-state index in [1.54, 1.807) is 35.0 Å². The van der Waals surface area contributed by atoms with Crippen molar-refractivity contribution in [3.63, 3.8) is 0 Å². The number of benzene rings is 1. The van der Waals surface area contributed by atoms with Crippen LogP contribution in [0.2, 0.25) is 0 Å². The highest BCUT2D eigenvalue weighted by atomic mass is 32.1. The average Bonchev–Trinajstić information content (AvgIpc) is 3.39. The summed E-state index contributed by atoms with van der Waals surface area (Å²) < 4.78 is 6.73. The number of nitrogens with zero attached hydrogens (tertiary/aromatic N) is 3. The molecule has 4 rings (SSSR count). The number of hydrogen-bond acceptors (Lipinski definition) is 5. The van der Waals surface area contributed by atoms with Gasteiger partial charge in [0.15, 0.2) is 0 Å². The van der Waals surface area contributed by atoms with Gasteiger partial charge in [0.25, 0.3) is 5.91 Å². The summed E-state index contributed by atoms with van der Waals surface area (Å²) in [6, 6.07) is 11.6. The highest BCUT2D eigenvalue weighted by molar-refractivity contribution is 7.13. The van der Waals surface area contributed by atoms with E-state index in [2.05, 4.69) is 10.4 Å². The summed E-state index contributed by atoms with van der Waals surface area (Å²) in [5.41, 5.74) is 2.84. The lowest BCUT2D eigenvalue weighted by Gasteiger charge is -2.43. The number of fused-ring (bicyclic) bond motifs is 1. The Morgan fingerprint density at radius 2 is 2.10 bits per heavy atom. The third-order valence-corrected chi connectivity index (χ3v) is 6.49. The molecule has 162 valence electrons. The average molecular weight is 439 g/mol. The first kappa shape index (κ1) is 21.3. The van der Waals surface area contributed by atoms with Gasteiger partial charge in [-0.3, -0.25) is 19.2 Å². The van der Waals surface area contributed by atoms with E-state index in [4.69, 9.17) is 4.74 Å². The Morgan fingerprint density at radius 3 is 2.77 bits per heavy atom. The summed E-state index contributed by atoms with van der Waals surface area (Å²) in [5.74, 6) is -0.477. The lowest BCUT2D eigenvalue weighted by atomic mass is 9.93. The van der Waals surface area contributed by atoms with E-state index >= 15 is 0 Å². The second-order valence-corrected chi connectivity index (χ2v) is 8.95. The maximum atomic E-state index is 13.8. The molecule has 0 saturated carbocycles. The highest BCUT2D eigenvalue weighted by Gasteiger charge is 2.49. The van der Waals surface area contributed by atoms with Crippen molar-refractivity contribution in [2.24, 2.45) is 0 Å². The zero-order valence-electron chi connectivity index (χ0n) is 18.1. The molecule has 0 unspecified atom stereocenters. The van der Waals surface area contributed by atoms with Crippen molar-refractivity contribution in [1.29, 1.82) is 0 Å². The van der Waals surface area contributed by atoms with Crippen LogP contribution in [0.15, 0.2) is 41.8 Å². The molecule has 0 radical (unpaired) electrons. The largest absolute Gasteiger partial charge is 0.383 e. The molecule has 1 aliphatic rings. The smallest absolute Gasteiger partial charge is 0.277 e. The Bertz CT molecular complexity index is 1120. The first-order chi connectivity index (χ1) is 14.8. The summed E-state index contributed by atoms with van der Waals surface area (Å²) >= 11 is 1.57. The van der Waals surface area contributed by atoms with Crippen molar-refractivity contribution in [2.45, 2.75) is 32.9 Å². The highest BCUT2D eigenvalue weighted by Crippen LogP contribution is 2.36. The van der Waals surface area contributed by atoms with Crippen LogP contribution in [-0.2, 0) is 16.1 Å². The Morgan fingerprint density at radius 1 is 1.29 bits per heavy atom. The van der Waals surface area contributed by atoms with Crippen LogP contribution in [0.5, 0.6) is 0 Å². The molecule has 0 bridgehead atoms. The number of thiophene rings is 1. The monoisotopic (exact) mass is 438 g/mol. The molecule has 3 heterocycles. The van der Waals surface area contributed by atoms with Crippen LogP contribution in [-0.4, -0.2) is 47.4 Å². The fourth-order valence-corrected chi connectivity index (χ4v) is 4.70. The second-order valence-electron chi connectivity index (χ2n) is 8.00. The molecular weight excluding hydrogens is 412 g/mol. The predicted molar refractivity (Wildman–Crippen MR) is 122 cm³/mol. The Hall–Kier alpha value is -2.97. The maximum absolute atomic E-state index is 13.8. The van der Waals surface area contributed by atoms with Crippen LogP contribution >= 0.6 is 11.3 Å². The van der Waals surface area contributed by atoms with Gasteiger partial charge in [0.1, 0.15) is 16.9 Å². The summed E-state index contributed by atoms with van der Waals surface area (Å²) in [6.45, 7) is 6.78. The molecule has 1 aliphatic heterocycles. The molecule has 2 aromatic heterocycles. The number of aryl methyl sites for hydroxylation is 2. The lowest BCUT2D eigenvalue weighted by molar-refractivity contribution is -0.126. The number of anilines is 1. The van der Waals surface area contributed by atoms with Crippen LogP contribution in [0.1, 0.15) is 28.5 Å². The van der Waals surface area contributed by atoms with Crippen molar-refractivity contribution in [3.05, 3.63) is 58.6 Å². The van der Waals surface area contributed by atoms with Gasteiger partial charge < -0.3 is 10.1 Å². The molecule has 3 aromatic rings. The molecule has 7 nitrogen and oxygen atoms in total. The van der Waals surface area contributed by atoms with Gasteiger partial charge >= 0.3 is 0 Å². The van der Waals surface area contributed by atoms with E-state index in [1.807, 2.05) is 55.6 Å². The maximum Gasteiger partial charge on any atom is 0.277 e. The molecule has 2 amide bonds. The standard InChI is InChI=1S/C23H26N4O3S/c1-15-7-8-18(16(2)12-15)27-21(28)19-13-17(20-6-5-11-31-20)25-26(19)14-23(27,3)22(29)24-9-10-30-4/h5-8,11-13H,9-10,14H2,1-4H3,(H,24,29)/t23-/m1/s1. The quantitative estimate of drug-likeness (QED) is 0.599. The number of ether oxygens (including phenoxy) is 1. The number of amides is 2. The number of nitrogens with one attached hydrogen (secondary N) is 1. The number of methoxy groups -OCH3 is 1. The molecule has 0 saturated heterocycles. The van der Waals surface area contributed by atoms with Gasteiger partial charge in [-0.05, 0) is 49.9 Å². The number of aromatic nitrogens is 2. The first-order valence-corrected chi connectivity index (χ1v) is 11.0. The fraction of sp³-hybridized carbons (Fsp3) is 0.348. The minimum absolute atomic E-state index is 0.238. The van der Waals surface area contributed by atoms with E-state index in [0.717, 1.165) is 27.4 Å². The van der Waals surface area contributed by atoms with Crippen molar-refractivity contribution in [1.82, 2.24) is 15.1 Å². The van der Waals surface area contributed by atoms with Gasteiger partial charge in [0.2, 0.25) is 5.91 Å². The number of hydrogen-bond donors (Lipinski definition) is 1. The van der Waals surface area contributed by atoms with E-state index in [0.29, 0.717) is 18.8 Å². The van der Waals surface area contributed by atoms with E-state index in [1.165, 1.54) is 0 Å². The van der Waals surface area contributed by atoms with Crippen molar-refractivity contribution < 1.29 is 14.3 Å². The molecule has 0 aliphatic carbocycles. The lowest BCUT2D eigenvalue weighted by Crippen LogP contribution is -2.65. The molecule has 31 heavy (non-hydrogen) atoms. The number of carbonyl (C=O) groups is 2. The van der Waals surface area contributed by atoms with Crippen LogP contribution in [0.3, 0.4) is 0 Å². The third kappa shape index (κ3) is 3.77. The minimum atomic E-state index is -1.14. The Labute approximate surface area is 185 Å². The Kier molecular flexibility index (Phi) is 5.68. The van der Waals surface area contributed by atoms with Crippen molar-refractivity contribution >= 4 is 28.8 Å². The Balaban J connectivity index is 1.81.